The van der Waals surface area contributed by atoms with Crippen LogP contribution < -0.4 is 19.5 Å². The molecule has 1 N–H and O–H groups in total. The maximum atomic E-state index is 13.0. The molecule has 3 rings (SSSR count). The molecule has 2 amide bonds. The topological polar surface area (TPSA) is 132 Å². The van der Waals surface area contributed by atoms with Crippen LogP contribution in [0.1, 0.15) is 11.1 Å². The Morgan fingerprint density at radius 1 is 1.23 bits per heavy atom. The van der Waals surface area contributed by atoms with Gasteiger partial charge in [-0.2, -0.15) is 0 Å². The molecule has 2 aromatic carbocycles. The highest BCUT2D eigenvalue weighted by Gasteiger charge is 2.51. The highest BCUT2D eigenvalue weighted by atomic mass is 16.5. The quantitative estimate of drug-likeness (QED) is 0.366. The molecule has 0 spiro atoms. The number of rotatable bonds is 9. The number of carbonyl (C=O) groups excluding carboxylic acids is 2. The molecule has 2 atom stereocenters. The number of amides is 2. The van der Waals surface area contributed by atoms with E-state index in [-0.39, 0.29) is 25.5 Å². The van der Waals surface area contributed by atoms with E-state index < -0.39 is 18.2 Å². The van der Waals surface area contributed by atoms with Gasteiger partial charge in [0.15, 0.2) is 0 Å². The Hall–Kier alpha value is -3.91. The van der Waals surface area contributed by atoms with E-state index in [1.165, 1.54) is 12.0 Å². The number of nitrogens with zero attached hydrogens (tertiary/aromatic N) is 4. The van der Waals surface area contributed by atoms with Gasteiger partial charge >= 0.3 is 0 Å². The molecule has 1 heterocycles. The molecule has 0 saturated carbocycles. The summed E-state index contributed by atoms with van der Waals surface area (Å²) in [6.07, 6.45) is -1.45. The van der Waals surface area contributed by atoms with Crippen LogP contribution in [0, 0.1) is 5.53 Å². The van der Waals surface area contributed by atoms with Crippen molar-refractivity contribution in [3.63, 3.8) is 0 Å². The van der Waals surface area contributed by atoms with Crippen LogP contribution >= 0.6 is 0 Å². The third kappa shape index (κ3) is 4.65. The molecule has 0 aromatic heterocycles. The van der Waals surface area contributed by atoms with Crippen LogP contribution in [0.4, 0.5) is 4.79 Å². The summed E-state index contributed by atoms with van der Waals surface area (Å²) in [5, 5.41) is 15.6. The summed E-state index contributed by atoms with van der Waals surface area (Å²) >= 11 is 0. The minimum absolute atomic E-state index is 0.00303. The van der Waals surface area contributed by atoms with Gasteiger partial charge in [-0.15, -0.1) is 0 Å². The predicted octanol–water partition coefficient (Wildman–Crippen LogP) is 1.18. The number of methoxy groups -OCH3 is 2. The molecular weight excluding hydrogens is 402 g/mol. The number of hydrogen-bond donors (Lipinski definition) is 1. The number of carboxylic acid groups (broad SMARTS) is 1. The molecule has 2 aromatic rings. The molecule has 0 aliphatic carbocycles. The van der Waals surface area contributed by atoms with E-state index in [4.69, 9.17) is 15.0 Å². The molecule has 1 fully saturated rings. The van der Waals surface area contributed by atoms with Crippen LogP contribution in [0.3, 0.4) is 0 Å². The van der Waals surface area contributed by atoms with Gasteiger partial charge in [-0.1, -0.05) is 30.3 Å². The first-order chi connectivity index (χ1) is 15.0. The van der Waals surface area contributed by atoms with Crippen LogP contribution in [0.5, 0.6) is 11.5 Å². The van der Waals surface area contributed by atoms with Gasteiger partial charge in [-0.3, -0.25) is 4.79 Å². The van der Waals surface area contributed by atoms with Crippen molar-refractivity contribution in [1.29, 1.82) is 5.53 Å². The van der Waals surface area contributed by atoms with Gasteiger partial charge in [0.05, 0.1) is 20.3 Å². The van der Waals surface area contributed by atoms with Crippen molar-refractivity contribution >= 4 is 12.0 Å². The number of nitrogens with one attached hydrogen (secondary N) is 1. The minimum Gasteiger partial charge on any atom is -0.530 e. The molecule has 1 aliphatic rings. The molecule has 162 valence electrons. The maximum Gasteiger partial charge on any atom is 0.248 e. The molecule has 31 heavy (non-hydrogen) atoms. The number of β-lactam (4-membered cyclic amide) rings is 1. The average molecular weight is 425 g/mol. The number of ether oxygens (including phenoxy) is 2. The van der Waals surface area contributed by atoms with Crippen molar-refractivity contribution in [3.05, 3.63) is 59.7 Å². The van der Waals surface area contributed by atoms with Gasteiger partial charge < -0.3 is 29.2 Å². The summed E-state index contributed by atoms with van der Waals surface area (Å²) in [6.45, 7) is 0.192. The lowest BCUT2D eigenvalue weighted by Crippen LogP contribution is -2.72. The lowest BCUT2D eigenvalue weighted by Gasteiger charge is -2.51. The smallest absolute Gasteiger partial charge is 0.248 e. The SMILES string of the molecule is COc1ccc(CN2C(=O)[C@@H](N(Cc3ccccc3)C(=O)[O-])[C@H]2CN=[N+]=N)c(OC)c1. The molecule has 0 bridgehead atoms. The summed E-state index contributed by atoms with van der Waals surface area (Å²) in [5.41, 5.74) is 8.42. The van der Waals surface area contributed by atoms with E-state index in [0.717, 1.165) is 16.0 Å². The van der Waals surface area contributed by atoms with E-state index in [1.54, 1.807) is 49.6 Å². The Bertz CT molecular complexity index is 993. The molecule has 0 unspecified atom stereocenters. The summed E-state index contributed by atoms with van der Waals surface area (Å²) in [6, 6.07) is 12.6. The second-order valence-corrected chi connectivity index (χ2v) is 6.96. The van der Waals surface area contributed by atoms with E-state index in [1.807, 2.05) is 6.07 Å². The normalized spacial score (nSPS) is 17.4. The summed E-state index contributed by atoms with van der Waals surface area (Å²) in [7, 11) is 3.06. The highest BCUT2D eigenvalue weighted by molar-refractivity contribution is 5.92. The van der Waals surface area contributed by atoms with Gasteiger partial charge in [0.25, 0.3) is 0 Å². The Kier molecular flexibility index (Phi) is 6.84. The largest absolute Gasteiger partial charge is 0.530 e. The van der Waals surface area contributed by atoms with Gasteiger partial charge in [0.2, 0.25) is 10.8 Å². The van der Waals surface area contributed by atoms with E-state index in [2.05, 4.69) is 10.0 Å². The lowest BCUT2D eigenvalue weighted by atomic mass is 9.92. The van der Waals surface area contributed by atoms with Crippen molar-refractivity contribution in [1.82, 2.24) is 14.7 Å². The molecule has 10 nitrogen and oxygen atoms in total. The zero-order valence-electron chi connectivity index (χ0n) is 17.2. The van der Waals surface area contributed by atoms with E-state index in [0.29, 0.717) is 11.5 Å². The fraction of sp³-hybridized carbons (Fsp3) is 0.333. The van der Waals surface area contributed by atoms with Crippen LogP contribution in [-0.4, -0.2) is 54.6 Å². The fourth-order valence-electron chi connectivity index (χ4n) is 3.67. The number of carbonyl (C=O) groups is 2. The Morgan fingerprint density at radius 3 is 2.58 bits per heavy atom. The maximum absolute atomic E-state index is 13.0. The first-order valence-corrected chi connectivity index (χ1v) is 9.56. The number of hydrogen-bond acceptors (Lipinski definition) is 7. The molecular formula is C21H23N5O5. The fourth-order valence-corrected chi connectivity index (χ4v) is 3.67. The van der Waals surface area contributed by atoms with Crippen molar-refractivity contribution in [3.8, 4) is 11.5 Å². The third-order valence-electron chi connectivity index (χ3n) is 5.24. The second kappa shape index (κ2) is 9.73. The van der Waals surface area contributed by atoms with Crippen LogP contribution in [0.2, 0.25) is 0 Å². The first kappa shape index (κ1) is 21.8. The van der Waals surface area contributed by atoms with E-state index >= 15 is 0 Å². The second-order valence-electron chi connectivity index (χ2n) is 6.96. The van der Waals surface area contributed by atoms with Gasteiger partial charge in [0.1, 0.15) is 40.8 Å². The summed E-state index contributed by atoms with van der Waals surface area (Å²) in [4.78, 5) is 30.4. The van der Waals surface area contributed by atoms with Gasteiger partial charge in [-0.25, -0.2) is 0 Å². The molecule has 10 heteroatoms. The number of likely N-dealkylation sites (tertiary alicyclic amines) is 1. The zero-order chi connectivity index (χ0) is 22.4. The van der Waals surface area contributed by atoms with Crippen molar-refractivity contribution < 1.29 is 24.2 Å². The van der Waals surface area contributed by atoms with Gasteiger partial charge in [-0.05, 0) is 17.7 Å². The van der Waals surface area contributed by atoms with Crippen molar-refractivity contribution in [2.75, 3.05) is 20.8 Å². The first-order valence-electron chi connectivity index (χ1n) is 9.56. The summed E-state index contributed by atoms with van der Waals surface area (Å²) in [5.74, 6) is 0.777. The van der Waals surface area contributed by atoms with Crippen LogP contribution in [-0.2, 0) is 17.9 Å². The molecule has 1 aliphatic heterocycles. The molecule has 0 radical (unpaired) electrons. The average Bonchev–Trinajstić information content (AvgIpc) is 2.79. The third-order valence-corrected chi connectivity index (χ3v) is 5.24. The van der Waals surface area contributed by atoms with Crippen molar-refractivity contribution in [2.24, 2.45) is 5.11 Å². The monoisotopic (exact) mass is 425 g/mol. The summed E-state index contributed by atoms with van der Waals surface area (Å²) < 4.78 is 10.6. The van der Waals surface area contributed by atoms with Crippen LogP contribution in [0.25, 0.3) is 0 Å². The van der Waals surface area contributed by atoms with Crippen molar-refractivity contribution in [2.45, 2.75) is 25.2 Å². The minimum atomic E-state index is -1.45. The lowest BCUT2D eigenvalue weighted by molar-refractivity contribution is -0.272. The standard InChI is InChI=1S/C21H23N5O5/c1-30-16-9-8-15(18(10-16)31-2)13-25-17(11-23-24-22)19(20(25)27)26(21(28)29)12-14-6-4-3-5-7-14/h3-10,17,19,22H,11-13H2,1-2H3/t17-,19+/m1/s1. The predicted molar refractivity (Wildman–Crippen MR) is 107 cm³/mol. The Labute approximate surface area is 179 Å². The molecule has 1 saturated heterocycles. The van der Waals surface area contributed by atoms with Crippen LogP contribution in [0.15, 0.2) is 53.6 Å². The number of benzene rings is 2. The van der Waals surface area contributed by atoms with E-state index in [9.17, 15) is 14.7 Å². The Balaban J connectivity index is 1.85. The zero-order valence-corrected chi connectivity index (χ0v) is 17.2. The highest BCUT2D eigenvalue weighted by Crippen LogP contribution is 2.32. The van der Waals surface area contributed by atoms with Gasteiger partial charge in [0, 0.05) is 24.7 Å². The Morgan fingerprint density at radius 2 is 1.97 bits per heavy atom.